The quantitative estimate of drug-likeness (QED) is 0.672. The molecule has 0 aromatic carbocycles. The Labute approximate surface area is 111 Å². The molecule has 0 aromatic heterocycles. The first kappa shape index (κ1) is 15.4. The second-order valence-electron chi connectivity index (χ2n) is 5.07. The summed E-state index contributed by atoms with van der Waals surface area (Å²) in [5.74, 6) is -0.0993. The van der Waals surface area contributed by atoms with Crippen molar-refractivity contribution in [3.05, 3.63) is 0 Å². The number of esters is 1. The Morgan fingerprint density at radius 2 is 2.28 bits per heavy atom. The predicted octanol–water partition coefficient (Wildman–Crippen LogP) is 1.79. The van der Waals surface area contributed by atoms with Crippen molar-refractivity contribution >= 4 is 5.97 Å². The van der Waals surface area contributed by atoms with Crippen LogP contribution in [0.4, 0.5) is 0 Å². The van der Waals surface area contributed by atoms with Gasteiger partial charge in [0.05, 0.1) is 6.61 Å². The molecule has 1 aliphatic heterocycles. The van der Waals surface area contributed by atoms with E-state index in [0.717, 1.165) is 25.9 Å². The zero-order valence-electron chi connectivity index (χ0n) is 12.1. The molecule has 0 amide bonds. The topological polar surface area (TPSA) is 41.6 Å². The van der Waals surface area contributed by atoms with E-state index in [1.807, 2.05) is 6.92 Å². The van der Waals surface area contributed by atoms with Crippen LogP contribution in [0.3, 0.4) is 0 Å². The van der Waals surface area contributed by atoms with Crippen LogP contribution in [-0.4, -0.2) is 49.2 Å². The highest BCUT2D eigenvalue weighted by Gasteiger charge is 2.24. The molecule has 106 valence electrons. The lowest BCUT2D eigenvalue weighted by Crippen LogP contribution is -2.42. The maximum absolute atomic E-state index is 11.8. The van der Waals surface area contributed by atoms with E-state index in [0.29, 0.717) is 12.6 Å². The molecule has 18 heavy (non-hydrogen) atoms. The van der Waals surface area contributed by atoms with Crippen molar-refractivity contribution in [3.8, 4) is 0 Å². The zero-order chi connectivity index (χ0) is 13.4. The Kier molecular flexibility index (Phi) is 7.28. The van der Waals surface area contributed by atoms with Gasteiger partial charge in [-0.25, -0.2) is 0 Å². The van der Waals surface area contributed by atoms with Crippen LogP contribution in [0.25, 0.3) is 0 Å². The van der Waals surface area contributed by atoms with E-state index in [2.05, 4.69) is 24.1 Å². The molecule has 4 heteroatoms. The fourth-order valence-electron chi connectivity index (χ4n) is 2.48. The summed E-state index contributed by atoms with van der Waals surface area (Å²) in [6.07, 6.45) is 4.46. The first-order valence-electron chi connectivity index (χ1n) is 7.33. The lowest BCUT2D eigenvalue weighted by molar-refractivity contribution is -0.145. The summed E-state index contributed by atoms with van der Waals surface area (Å²) in [6, 6.07) is 0.525. The third kappa shape index (κ3) is 4.94. The molecule has 0 spiro atoms. The first-order valence-corrected chi connectivity index (χ1v) is 7.33. The van der Waals surface area contributed by atoms with Crippen LogP contribution >= 0.6 is 0 Å². The van der Waals surface area contributed by atoms with E-state index in [1.54, 1.807) is 0 Å². The minimum atomic E-state index is -0.141. The summed E-state index contributed by atoms with van der Waals surface area (Å²) < 4.78 is 5.12. The molecule has 1 N–H and O–H groups in total. The highest BCUT2D eigenvalue weighted by Crippen LogP contribution is 2.16. The molecular weight excluding hydrogens is 228 g/mol. The van der Waals surface area contributed by atoms with Crippen molar-refractivity contribution in [1.29, 1.82) is 0 Å². The van der Waals surface area contributed by atoms with Gasteiger partial charge in [-0.15, -0.1) is 0 Å². The van der Waals surface area contributed by atoms with E-state index in [-0.39, 0.29) is 12.0 Å². The number of nitrogens with zero attached hydrogens (tertiary/aromatic N) is 1. The van der Waals surface area contributed by atoms with Crippen molar-refractivity contribution in [2.75, 3.05) is 26.2 Å². The SMILES string of the molecule is CCCNC(CCN1CCCC1C)C(=O)OCC. The Morgan fingerprint density at radius 1 is 1.50 bits per heavy atom. The number of hydrogen-bond acceptors (Lipinski definition) is 4. The second kappa shape index (κ2) is 8.48. The van der Waals surface area contributed by atoms with Gasteiger partial charge < -0.3 is 15.0 Å². The van der Waals surface area contributed by atoms with E-state index in [4.69, 9.17) is 4.74 Å². The normalized spacial score (nSPS) is 22.1. The van der Waals surface area contributed by atoms with Crippen LogP contribution in [-0.2, 0) is 9.53 Å². The second-order valence-corrected chi connectivity index (χ2v) is 5.07. The Hall–Kier alpha value is -0.610. The average molecular weight is 256 g/mol. The molecule has 1 rings (SSSR count). The third-order valence-electron chi connectivity index (χ3n) is 3.61. The van der Waals surface area contributed by atoms with Gasteiger partial charge in [-0.05, 0) is 52.6 Å². The van der Waals surface area contributed by atoms with Crippen LogP contribution in [0.1, 0.15) is 46.5 Å². The Balaban J connectivity index is 2.37. The molecular formula is C14H28N2O2. The first-order chi connectivity index (χ1) is 8.69. The molecule has 0 bridgehead atoms. The number of likely N-dealkylation sites (tertiary alicyclic amines) is 1. The standard InChI is InChI=1S/C14H28N2O2/c1-4-9-15-13(14(17)18-5-2)8-11-16-10-6-7-12(16)3/h12-13,15H,4-11H2,1-3H3. The molecule has 2 unspecified atom stereocenters. The molecule has 0 radical (unpaired) electrons. The molecule has 1 saturated heterocycles. The van der Waals surface area contributed by atoms with Crippen molar-refractivity contribution < 1.29 is 9.53 Å². The Morgan fingerprint density at radius 3 is 2.83 bits per heavy atom. The average Bonchev–Trinajstić information content (AvgIpc) is 2.75. The summed E-state index contributed by atoms with van der Waals surface area (Å²) in [7, 11) is 0. The van der Waals surface area contributed by atoms with Gasteiger partial charge in [0.1, 0.15) is 6.04 Å². The van der Waals surface area contributed by atoms with Gasteiger partial charge in [0.25, 0.3) is 0 Å². The Bertz CT molecular complexity index is 246. The molecule has 0 aliphatic carbocycles. The van der Waals surface area contributed by atoms with E-state index < -0.39 is 0 Å². The molecule has 1 aliphatic rings. The van der Waals surface area contributed by atoms with Gasteiger partial charge >= 0.3 is 5.97 Å². The van der Waals surface area contributed by atoms with Crippen LogP contribution in [0.15, 0.2) is 0 Å². The van der Waals surface area contributed by atoms with Crippen molar-refractivity contribution in [2.45, 2.75) is 58.5 Å². The number of ether oxygens (including phenoxy) is 1. The molecule has 4 nitrogen and oxygen atoms in total. The van der Waals surface area contributed by atoms with Gasteiger partial charge in [0.2, 0.25) is 0 Å². The summed E-state index contributed by atoms with van der Waals surface area (Å²) >= 11 is 0. The van der Waals surface area contributed by atoms with Gasteiger partial charge in [-0.3, -0.25) is 4.79 Å². The van der Waals surface area contributed by atoms with E-state index >= 15 is 0 Å². The van der Waals surface area contributed by atoms with Gasteiger partial charge in [0, 0.05) is 12.6 Å². The minimum Gasteiger partial charge on any atom is -0.465 e. The monoisotopic (exact) mass is 256 g/mol. The lowest BCUT2D eigenvalue weighted by atomic mass is 10.2. The zero-order valence-corrected chi connectivity index (χ0v) is 12.1. The number of hydrogen-bond donors (Lipinski definition) is 1. The molecule has 0 aromatic rings. The highest BCUT2D eigenvalue weighted by atomic mass is 16.5. The third-order valence-corrected chi connectivity index (χ3v) is 3.61. The van der Waals surface area contributed by atoms with Gasteiger partial charge in [-0.2, -0.15) is 0 Å². The van der Waals surface area contributed by atoms with Crippen LogP contribution in [0, 0.1) is 0 Å². The van der Waals surface area contributed by atoms with Crippen molar-refractivity contribution in [1.82, 2.24) is 10.2 Å². The number of carbonyl (C=O) groups excluding carboxylic acids is 1. The van der Waals surface area contributed by atoms with Gasteiger partial charge in [0.15, 0.2) is 0 Å². The maximum Gasteiger partial charge on any atom is 0.323 e. The van der Waals surface area contributed by atoms with E-state index in [1.165, 1.54) is 19.4 Å². The summed E-state index contributed by atoms with van der Waals surface area (Å²) in [6.45, 7) is 9.73. The summed E-state index contributed by atoms with van der Waals surface area (Å²) in [5, 5.41) is 3.29. The largest absolute Gasteiger partial charge is 0.465 e. The smallest absolute Gasteiger partial charge is 0.323 e. The van der Waals surface area contributed by atoms with Gasteiger partial charge in [-0.1, -0.05) is 6.92 Å². The molecule has 2 atom stereocenters. The summed E-state index contributed by atoms with van der Waals surface area (Å²) in [4.78, 5) is 14.3. The maximum atomic E-state index is 11.8. The molecule has 1 fully saturated rings. The van der Waals surface area contributed by atoms with Crippen LogP contribution in [0.5, 0.6) is 0 Å². The minimum absolute atomic E-state index is 0.0993. The fraction of sp³-hybridized carbons (Fsp3) is 0.929. The number of carbonyl (C=O) groups is 1. The van der Waals surface area contributed by atoms with Crippen LogP contribution in [0.2, 0.25) is 0 Å². The number of nitrogens with one attached hydrogen (secondary N) is 1. The van der Waals surface area contributed by atoms with Crippen molar-refractivity contribution in [3.63, 3.8) is 0 Å². The summed E-state index contributed by atoms with van der Waals surface area (Å²) in [5.41, 5.74) is 0. The number of rotatable bonds is 8. The van der Waals surface area contributed by atoms with Crippen LogP contribution < -0.4 is 5.32 Å². The lowest BCUT2D eigenvalue weighted by Gasteiger charge is -2.24. The highest BCUT2D eigenvalue weighted by molar-refractivity contribution is 5.75. The fourth-order valence-corrected chi connectivity index (χ4v) is 2.48. The molecule has 1 heterocycles. The predicted molar refractivity (Wildman–Crippen MR) is 73.6 cm³/mol. The van der Waals surface area contributed by atoms with Crippen molar-refractivity contribution in [2.24, 2.45) is 0 Å². The molecule has 0 saturated carbocycles. The van der Waals surface area contributed by atoms with E-state index in [9.17, 15) is 4.79 Å².